The molecule has 30 heavy (non-hydrogen) atoms. The summed E-state index contributed by atoms with van der Waals surface area (Å²) >= 11 is 0. The number of aromatic nitrogens is 2. The maximum atomic E-state index is 13.0. The third-order valence-electron chi connectivity index (χ3n) is 4.84. The van der Waals surface area contributed by atoms with Crippen molar-refractivity contribution in [2.24, 2.45) is 0 Å². The number of carboxylic acid groups (broad SMARTS) is 1. The second kappa shape index (κ2) is 7.25. The Morgan fingerprint density at radius 2 is 1.70 bits per heavy atom. The second-order valence-electron chi connectivity index (χ2n) is 6.72. The van der Waals surface area contributed by atoms with Gasteiger partial charge in [-0.05, 0) is 37.3 Å². The predicted molar refractivity (Wildman–Crippen MR) is 111 cm³/mol. The molecule has 0 spiro atoms. The van der Waals surface area contributed by atoms with E-state index in [4.69, 9.17) is 5.11 Å². The van der Waals surface area contributed by atoms with E-state index in [1.54, 1.807) is 43.3 Å². The molecule has 0 saturated heterocycles. The zero-order chi connectivity index (χ0) is 21.4. The molecule has 0 unspecified atom stereocenters. The molecule has 0 aliphatic carbocycles. The number of benzene rings is 3. The Morgan fingerprint density at radius 1 is 1.03 bits per heavy atom. The lowest BCUT2D eigenvalue weighted by atomic mass is 10.0. The Bertz CT molecular complexity index is 1370. The van der Waals surface area contributed by atoms with E-state index in [-0.39, 0.29) is 16.8 Å². The van der Waals surface area contributed by atoms with Crippen molar-refractivity contribution in [3.8, 4) is 16.9 Å². The first-order valence-corrected chi connectivity index (χ1v) is 8.98. The van der Waals surface area contributed by atoms with Gasteiger partial charge in [0, 0.05) is 22.6 Å². The summed E-state index contributed by atoms with van der Waals surface area (Å²) in [6, 6.07) is 17.4. The van der Waals surface area contributed by atoms with Crippen LogP contribution in [0.3, 0.4) is 0 Å². The highest BCUT2D eigenvalue weighted by Crippen LogP contribution is 2.29. The molecule has 0 saturated carbocycles. The highest BCUT2D eigenvalue weighted by molar-refractivity contribution is 5.94. The average molecular weight is 401 g/mol. The molecule has 0 aliphatic rings. The summed E-state index contributed by atoms with van der Waals surface area (Å²) in [5.41, 5.74) is 1.49. The molecule has 1 heterocycles. The maximum Gasteiger partial charge on any atom is 0.335 e. The van der Waals surface area contributed by atoms with Crippen LogP contribution in [0.1, 0.15) is 15.9 Å². The maximum absolute atomic E-state index is 13.0. The number of aromatic carboxylic acids is 1. The fourth-order valence-corrected chi connectivity index (χ4v) is 3.28. The van der Waals surface area contributed by atoms with Gasteiger partial charge in [0.2, 0.25) is 0 Å². The second-order valence-corrected chi connectivity index (χ2v) is 6.72. The Labute approximate surface area is 169 Å². The first-order chi connectivity index (χ1) is 14.4. The van der Waals surface area contributed by atoms with E-state index in [1.807, 2.05) is 0 Å². The zero-order valence-corrected chi connectivity index (χ0v) is 15.8. The number of rotatable bonds is 4. The summed E-state index contributed by atoms with van der Waals surface area (Å²) in [5, 5.41) is 25.9. The molecule has 0 atom stereocenters. The minimum absolute atomic E-state index is 0.0399. The van der Waals surface area contributed by atoms with Crippen molar-refractivity contribution < 1.29 is 14.8 Å². The standard InChI is InChI=1S/C22H15N3O5/c1-13-6-7-15(12-19(13)25(29)30)20-17-4-2-3-5-18(17)21(26)24(23-20)16-10-8-14(9-11-16)22(27)28/h2-12H,1H3,(H,27,28). The van der Waals surface area contributed by atoms with Crippen molar-refractivity contribution in [2.75, 3.05) is 0 Å². The van der Waals surface area contributed by atoms with Crippen LogP contribution in [-0.4, -0.2) is 25.8 Å². The van der Waals surface area contributed by atoms with Crippen molar-refractivity contribution in [3.05, 3.63) is 98.3 Å². The summed E-state index contributed by atoms with van der Waals surface area (Å²) in [6.45, 7) is 1.65. The molecule has 4 aromatic rings. The van der Waals surface area contributed by atoms with Crippen LogP contribution in [0.15, 0.2) is 71.5 Å². The molecule has 8 nitrogen and oxygen atoms in total. The normalized spacial score (nSPS) is 10.8. The SMILES string of the molecule is Cc1ccc(-c2nn(-c3ccc(C(=O)O)cc3)c(=O)c3ccccc23)cc1[N+](=O)[O-]. The third kappa shape index (κ3) is 3.20. The third-order valence-corrected chi connectivity index (χ3v) is 4.84. The average Bonchev–Trinajstić information content (AvgIpc) is 2.75. The quantitative estimate of drug-likeness (QED) is 0.409. The number of hydrogen-bond acceptors (Lipinski definition) is 5. The number of hydrogen-bond donors (Lipinski definition) is 1. The Morgan fingerprint density at radius 3 is 2.33 bits per heavy atom. The number of carbonyl (C=O) groups is 1. The van der Waals surface area contributed by atoms with E-state index >= 15 is 0 Å². The predicted octanol–water partition coefficient (Wildman–Crippen LogP) is 3.97. The van der Waals surface area contributed by atoms with Crippen molar-refractivity contribution in [2.45, 2.75) is 6.92 Å². The molecule has 3 aromatic carbocycles. The van der Waals surface area contributed by atoms with Crippen molar-refractivity contribution >= 4 is 22.4 Å². The van der Waals surface area contributed by atoms with Crippen LogP contribution >= 0.6 is 0 Å². The molecular formula is C22H15N3O5. The fourth-order valence-electron chi connectivity index (χ4n) is 3.28. The number of fused-ring (bicyclic) bond motifs is 1. The number of nitrogens with zero attached hydrogens (tertiary/aromatic N) is 3. The first-order valence-electron chi connectivity index (χ1n) is 8.98. The van der Waals surface area contributed by atoms with E-state index in [1.165, 1.54) is 35.0 Å². The Balaban J connectivity index is 2.00. The van der Waals surface area contributed by atoms with Gasteiger partial charge in [0.15, 0.2) is 0 Å². The largest absolute Gasteiger partial charge is 0.478 e. The number of carboxylic acids is 1. The van der Waals surface area contributed by atoms with Gasteiger partial charge in [0.1, 0.15) is 0 Å². The van der Waals surface area contributed by atoms with Gasteiger partial charge in [0.05, 0.1) is 27.3 Å². The number of nitro benzene ring substituents is 1. The van der Waals surface area contributed by atoms with Crippen molar-refractivity contribution in [1.82, 2.24) is 9.78 Å². The van der Waals surface area contributed by atoms with Gasteiger partial charge in [-0.25, -0.2) is 4.79 Å². The molecule has 148 valence electrons. The van der Waals surface area contributed by atoms with Crippen LogP contribution in [0.25, 0.3) is 27.7 Å². The van der Waals surface area contributed by atoms with E-state index in [2.05, 4.69) is 5.10 Å². The van der Waals surface area contributed by atoms with Crippen LogP contribution in [0.4, 0.5) is 5.69 Å². The lowest BCUT2D eigenvalue weighted by molar-refractivity contribution is -0.385. The fraction of sp³-hybridized carbons (Fsp3) is 0.0455. The lowest BCUT2D eigenvalue weighted by Gasteiger charge is -2.12. The van der Waals surface area contributed by atoms with E-state index in [0.29, 0.717) is 33.3 Å². The molecule has 0 fully saturated rings. The van der Waals surface area contributed by atoms with Gasteiger partial charge < -0.3 is 5.11 Å². The molecule has 0 amide bonds. The van der Waals surface area contributed by atoms with Gasteiger partial charge in [-0.2, -0.15) is 9.78 Å². The zero-order valence-electron chi connectivity index (χ0n) is 15.8. The molecule has 0 radical (unpaired) electrons. The summed E-state index contributed by atoms with van der Waals surface area (Å²) in [4.78, 5) is 35.1. The van der Waals surface area contributed by atoms with Crippen LogP contribution in [0.2, 0.25) is 0 Å². The minimum atomic E-state index is -1.08. The molecule has 0 bridgehead atoms. The molecule has 8 heteroatoms. The van der Waals surface area contributed by atoms with Crippen molar-refractivity contribution in [1.29, 1.82) is 0 Å². The Kier molecular flexibility index (Phi) is 4.59. The smallest absolute Gasteiger partial charge is 0.335 e. The van der Waals surface area contributed by atoms with E-state index in [9.17, 15) is 19.7 Å². The van der Waals surface area contributed by atoms with Gasteiger partial charge in [-0.3, -0.25) is 14.9 Å². The summed E-state index contributed by atoms with van der Waals surface area (Å²) in [5.74, 6) is -1.08. The number of nitro groups is 1. The highest BCUT2D eigenvalue weighted by atomic mass is 16.6. The molecule has 1 N–H and O–H groups in total. The molecule has 0 aliphatic heterocycles. The van der Waals surface area contributed by atoms with Gasteiger partial charge in [-0.1, -0.05) is 30.3 Å². The summed E-state index contributed by atoms with van der Waals surface area (Å²) < 4.78 is 1.18. The van der Waals surface area contributed by atoms with Gasteiger partial charge >= 0.3 is 5.97 Å². The summed E-state index contributed by atoms with van der Waals surface area (Å²) in [7, 11) is 0. The lowest BCUT2D eigenvalue weighted by Crippen LogP contribution is -2.22. The highest BCUT2D eigenvalue weighted by Gasteiger charge is 2.17. The monoisotopic (exact) mass is 401 g/mol. The topological polar surface area (TPSA) is 115 Å². The van der Waals surface area contributed by atoms with Gasteiger partial charge in [-0.15, -0.1) is 0 Å². The van der Waals surface area contributed by atoms with Crippen molar-refractivity contribution in [3.63, 3.8) is 0 Å². The van der Waals surface area contributed by atoms with Crippen LogP contribution in [0.5, 0.6) is 0 Å². The Hall–Kier alpha value is -4.33. The summed E-state index contributed by atoms with van der Waals surface area (Å²) in [6.07, 6.45) is 0. The molecule has 4 rings (SSSR count). The first kappa shape index (κ1) is 19.0. The van der Waals surface area contributed by atoms with Gasteiger partial charge in [0.25, 0.3) is 11.2 Å². The number of aryl methyl sites for hydroxylation is 1. The van der Waals surface area contributed by atoms with Crippen LogP contribution in [-0.2, 0) is 0 Å². The van der Waals surface area contributed by atoms with Crippen LogP contribution < -0.4 is 5.56 Å². The molecule has 1 aromatic heterocycles. The van der Waals surface area contributed by atoms with E-state index < -0.39 is 10.9 Å². The minimum Gasteiger partial charge on any atom is -0.478 e. The van der Waals surface area contributed by atoms with Crippen LogP contribution in [0, 0.1) is 17.0 Å². The molecular weight excluding hydrogens is 386 g/mol. The van der Waals surface area contributed by atoms with E-state index in [0.717, 1.165) is 0 Å².